The summed E-state index contributed by atoms with van der Waals surface area (Å²) in [6, 6.07) is 3.47. The molecule has 1 aromatic rings. The molecule has 1 saturated carbocycles. The predicted molar refractivity (Wildman–Crippen MR) is 63.8 cm³/mol. The summed E-state index contributed by atoms with van der Waals surface area (Å²) in [7, 11) is 1.35. The van der Waals surface area contributed by atoms with E-state index in [1.807, 2.05) is 6.07 Å². The van der Waals surface area contributed by atoms with Gasteiger partial charge in [-0.3, -0.25) is 0 Å². The summed E-state index contributed by atoms with van der Waals surface area (Å²) in [5.41, 5.74) is 0.220. The highest BCUT2D eigenvalue weighted by Gasteiger charge is 2.28. The summed E-state index contributed by atoms with van der Waals surface area (Å²) >= 11 is 0. The number of esters is 1. The number of hydrogen-bond donors (Lipinski definition) is 1. The van der Waals surface area contributed by atoms with Gasteiger partial charge in [0, 0.05) is 5.54 Å². The van der Waals surface area contributed by atoms with Crippen LogP contribution in [-0.4, -0.2) is 18.6 Å². The molecular weight excluding hydrogens is 218 g/mol. The molecule has 0 amide bonds. The van der Waals surface area contributed by atoms with E-state index in [9.17, 15) is 4.79 Å². The standard InChI is InChI=1S/C13H19NO3/c1-13(7-3-4-8-13)14-9-10-5-6-11(17-10)12(15)16-2/h5-6,14H,3-4,7-9H2,1-2H3. The van der Waals surface area contributed by atoms with E-state index in [4.69, 9.17) is 4.42 Å². The number of carbonyl (C=O) groups is 1. The number of methoxy groups -OCH3 is 1. The maximum Gasteiger partial charge on any atom is 0.373 e. The van der Waals surface area contributed by atoms with Crippen LogP contribution < -0.4 is 5.32 Å². The van der Waals surface area contributed by atoms with Crippen LogP contribution in [0, 0.1) is 0 Å². The van der Waals surface area contributed by atoms with Crippen LogP contribution >= 0.6 is 0 Å². The number of hydrogen-bond acceptors (Lipinski definition) is 4. The molecule has 2 rings (SSSR count). The van der Waals surface area contributed by atoms with Gasteiger partial charge >= 0.3 is 5.97 Å². The third-order valence-corrected chi connectivity index (χ3v) is 3.44. The molecule has 4 nitrogen and oxygen atoms in total. The van der Waals surface area contributed by atoms with Crippen LogP contribution in [0.5, 0.6) is 0 Å². The van der Waals surface area contributed by atoms with Gasteiger partial charge in [0.05, 0.1) is 13.7 Å². The molecule has 94 valence electrons. The molecule has 1 fully saturated rings. The fourth-order valence-electron chi connectivity index (χ4n) is 2.32. The molecule has 1 heterocycles. The van der Waals surface area contributed by atoms with Crippen molar-refractivity contribution in [3.63, 3.8) is 0 Å². The lowest BCUT2D eigenvalue weighted by atomic mass is 10.0. The molecule has 0 bridgehead atoms. The second kappa shape index (κ2) is 4.92. The fraction of sp³-hybridized carbons (Fsp3) is 0.615. The Labute approximate surface area is 101 Å². The molecular formula is C13H19NO3. The largest absolute Gasteiger partial charge is 0.463 e. The van der Waals surface area contributed by atoms with E-state index in [0.717, 1.165) is 5.76 Å². The van der Waals surface area contributed by atoms with Gasteiger partial charge in [-0.25, -0.2) is 4.79 Å². The molecule has 1 N–H and O–H groups in total. The van der Waals surface area contributed by atoms with Crippen LogP contribution in [0.2, 0.25) is 0 Å². The Hall–Kier alpha value is -1.29. The summed E-state index contributed by atoms with van der Waals surface area (Å²) in [5, 5.41) is 3.50. The van der Waals surface area contributed by atoms with Crippen molar-refractivity contribution in [2.24, 2.45) is 0 Å². The molecule has 4 heteroatoms. The fourth-order valence-corrected chi connectivity index (χ4v) is 2.32. The van der Waals surface area contributed by atoms with Gasteiger partial charge in [0.1, 0.15) is 5.76 Å². The minimum Gasteiger partial charge on any atom is -0.463 e. The monoisotopic (exact) mass is 237 g/mol. The van der Waals surface area contributed by atoms with Gasteiger partial charge in [0.25, 0.3) is 0 Å². The van der Waals surface area contributed by atoms with Crippen molar-refractivity contribution in [1.29, 1.82) is 0 Å². The molecule has 0 unspecified atom stereocenters. The zero-order chi connectivity index (χ0) is 12.3. The van der Waals surface area contributed by atoms with Crippen LogP contribution in [0.4, 0.5) is 0 Å². The first-order valence-electron chi connectivity index (χ1n) is 6.05. The van der Waals surface area contributed by atoms with E-state index in [0.29, 0.717) is 6.54 Å². The Morgan fingerprint density at radius 3 is 2.82 bits per heavy atom. The van der Waals surface area contributed by atoms with E-state index >= 15 is 0 Å². The third-order valence-electron chi connectivity index (χ3n) is 3.44. The number of ether oxygens (including phenoxy) is 1. The van der Waals surface area contributed by atoms with Crippen molar-refractivity contribution in [3.8, 4) is 0 Å². The van der Waals surface area contributed by atoms with Crippen LogP contribution in [0.15, 0.2) is 16.5 Å². The van der Waals surface area contributed by atoms with Gasteiger partial charge in [0.15, 0.2) is 0 Å². The highest BCUT2D eigenvalue weighted by Crippen LogP contribution is 2.29. The second-order valence-electron chi connectivity index (χ2n) is 4.88. The maximum atomic E-state index is 11.2. The van der Waals surface area contributed by atoms with E-state index in [1.165, 1.54) is 32.8 Å². The van der Waals surface area contributed by atoms with E-state index in [1.54, 1.807) is 6.07 Å². The molecule has 0 saturated heterocycles. The first-order chi connectivity index (χ1) is 8.13. The van der Waals surface area contributed by atoms with Gasteiger partial charge in [-0.1, -0.05) is 12.8 Å². The highest BCUT2D eigenvalue weighted by molar-refractivity contribution is 5.86. The average Bonchev–Trinajstić information content (AvgIpc) is 2.95. The molecule has 0 atom stereocenters. The third kappa shape index (κ3) is 2.88. The number of rotatable bonds is 4. The van der Waals surface area contributed by atoms with Gasteiger partial charge in [-0.05, 0) is 31.9 Å². The molecule has 1 aliphatic rings. The quantitative estimate of drug-likeness (QED) is 0.817. The molecule has 0 spiro atoms. The minimum absolute atomic E-state index is 0.220. The Morgan fingerprint density at radius 2 is 2.18 bits per heavy atom. The van der Waals surface area contributed by atoms with Gasteiger partial charge in [-0.2, -0.15) is 0 Å². The van der Waals surface area contributed by atoms with Gasteiger partial charge in [-0.15, -0.1) is 0 Å². The summed E-state index contributed by atoms with van der Waals surface area (Å²) in [6.07, 6.45) is 4.99. The lowest BCUT2D eigenvalue weighted by molar-refractivity contribution is 0.0562. The Bertz CT molecular complexity index is 391. The molecule has 0 aromatic carbocycles. The predicted octanol–water partition coefficient (Wildman–Crippen LogP) is 2.49. The van der Waals surface area contributed by atoms with Crippen LogP contribution in [0.3, 0.4) is 0 Å². The molecule has 17 heavy (non-hydrogen) atoms. The number of carbonyl (C=O) groups excluding carboxylic acids is 1. The first kappa shape index (κ1) is 12.2. The Morgan fingerprint density at radius 1 is 1.47 bits per heavy atom. The van der Waals surface area contributed by atoms with E-state index in [-0.39, 0.29) is 11.3 Å². The van der Waals surface area contributed by atoms with Crippen LogP contribution in [0.1, 0.15) is 48.9 Å². The van der Waals surface area contributed by atoms with Crippen molar-refractivity contribution in [2.45, 2.75) is 44.7 Å². The van der Waals surface area contributed by atoms with Crippen LogP contribution in [-0.2, 0) is 11.3 Å². The molecule has 1 aliphatic carbocycles. The van der Waals surface area contributed by atoms with Crippen molar-refractivity contribution >= 4 is 5.97 Å². The van der Waals surface area contributed by atoms with Crippen molar-refractivity contribution in [1.82, 2.24) is 5.32 Å². The smallest absolute Gasteiger partial charge is 0.373 e. The Kier molecular flexibility index (Phi) is 3.52. The van der Waals surface area contributed by atoms with Crippen molar-refractivity contribution in [3.05, 3.63) is 23.7 Å². The Balaban J connectivity index is 1.91. The molecule has 0 aliphatic heterocycles. The summed E-state index contributed by atoms with van der Waals surface area (Å²) < 4.78 is 10.00. The van der Waals surface area contributed by atoms with E-state index in [2.05, 4.69) is 17.0 Å². The normalized spacial score (nSPS) is 18.2. The van der Waals surface area contributed by atoms with Gasteiger partial charge < -0.3 is 14.5 Å². The molecule has 1 aromatic heterocycles. The second-order valence-corrected chi connectivity index (χ2v) is 4.88. The lowest BCUT2D eigenvalue weighted by Crippen LogP contribution is -2.38. The summed E-state index contributed by atoms with van der Waals surface area (Å²) in [6.45, 7) is 2.90. The topological polar surface area (TPSA) is 51.5 Å². The average molecular weight is 237 g/mol. The summed E-state index contributed by atoms with van der Waals surface area (Å²) in [4.78, 5) is 11.2. The highest BCUT2D eigenvalue weighted by atomic mass is 16.5. The first-order valence-corrected chi connectivity index (χ1v) is 6.05. The van der Waals surface area contributed by atoms with Crippen molar-refractivity contribution < 1.29 is 13.9 Å². The molecule has 0 radical (unpaired) electrons. The summed E-state index contributed by atoms with van der Waals surface area (Å²) in [5.74, 6) is 0.614. The maximum absolute atomic E-state index is 11.2. The zero-order valence-electron chi connectivity index (χ0n) is 10.4. The van der Waals surface area contributed by atoms with Gasteiger partial charge in [0.2, 0.25) is 5.76 Å². The zero-order valence-corrected chi connectivity index (χ0v) is 10.4. The number of nitrogens with one attached hydrogen (secondary N) is 1. The minimum atomic E-state index is -0.427. The van der Waals surface area contributed by atoms with Crippen molar-refractivity contribution in [2.75, 3.05) is 7.11 Å². The lowest BCUT2D eigenvalue weighted by Gasteiger charge is -2.24. The van der Waals surface area contributed by atoms with E-state index < -0.39 is 5.97 Å². The SMILES string of the molecule is COC(=O)c1ccc(CNC2(C)CCCC2)o1. The van der Waals surface area contributed by atoms with Crippen LogP contribution in [0.25, 0.3) is 0 Å². The number of furan rings is 1.